The van der Waals surface area contributed by atoms with Crippen LogP contribution in [0.2, 0.25) is 0 Å². The normalized spacial score (nSPS) is 12.7. The lowest BCUT2D eigenvalue weighted by atomic mass is 10.1. The van der Waals surface area contributed by atoms with Crippen LogP contribution in [0.1, 0.15) is 11.1 Å². The van der Waals surface area contributed by atoms with Crippen molar-refractivity contribution in [3.05, 3.63) is 46.8 Å². The molecule has 0 atom stereocenters. The second-order valence-electron chi connectivity index (χ2n) is 3.36. The van der Waals surface area contributed by atoms with Crippen LogP contribution in [0.4, 0.5) is 13.2 Å². The summed E-state index contributed by atoms with van der Waals surface area (Å²) in [5, 5.41) is 17.1. The second kappa shape index (κ2) is 5.69. The summed E-state index contributed by atoms with van der Waals surface area (Å²) in [4.78, 5) is 3.64. The van der Waals surface area contributed by atoms with E-state index in [9.17, 15) is 13.2 Å². The number of nitrogens with two attached hydrogens (primary N) is 1. The fourth-order valence-corrected chi connectivity index (χ4v) is 1.11. The molecule has 0 aliphatic carbocycles. The van der Waals surface area contributed by atoms with Crippen molar-refractivity contribution < 1.29 is 13.2 Å². The molecule has 0 radical (unpaired) electrons. The third kappa shape index (κ3) is 3.86. The molecule has 0 aliphatic rings. The van der Waals surface area contributed by atoms with E-state index in [1.165, 1.54) is 12.1 Å². The van der Waals surface area contributed by atoms with E-state index in [1.807, 2.05) is 0 Å². The van der Waals surface area contributed by atoms with Gasteiger partial charge in [0.25, 0.3) is 0 Å². The van der Waals surface area contributed by atoms with Crippen LogP contribution < -0.4 is 5.73 Å². The van der Waals surface area contributed by atoms with Gasteiger partial charge in [-0.15, -0.1) is 0 Å². The Morgan fingerprint density at radius 3 is 2.16 bits per heavy atom. The fourth-order valence-electron chi connectivity index (χ4n) is 1.11. The maximum atomic E-state index is 12.3. The molecule has 7 heteroatoms. The highest BCUT2D eigenvalue weighted by Crippen LogP contribution is 2.28. The number of nitriles is 2. The lowest BCUT2D eigenvalue weighted by molar-refractivity contribution is -0.137. The Labute approximate surface area is 106 Å². The summed E-state index contributed by atoms with van der Waals surface area (Å²) in [5.74, 6) is 0. The van der Waals surface area contributed by atoms with Crippen molar-refractivity contribution in [3.63, 3.8) is 0 Å². The van der Waals surface area contributed by atoms with Crippen molar-refractivity contribution in [2.45, 2.75) is 6.18 Å². The molecular weight excluding hydrogens is 257 g/mol. The van der Waals surface area contributed by atoms with E-state index < -0.39 is 11.7 Å². The molecule has 1 aromatic carbocycles. The SMILES string of the molecule is N#C/C(N)=C(/C#N)N=Cc1ccc(C(F)(F)F)cc1. The third-order valence-corrected chi connectivity index (χ3v) is 2.06. The van der Waals surface area contributed by atoms with Gasteiger partial charge >= 0.3 is 6.18 Å². The molecule has 19 heavy (non-hydrogen) atoms. The predicted octanol–water partition coefficient (Wildman–Crippen LogP) is 2.34. The van der Waals surface area contributed by atoms with E-state index in [-0.39, 0.29) is 11.4 Å². The summed E-state index contributed by atoms with van der Waals surface area (Å²) in [7, 11) is 0. The van der Waals surface area contributed by atoms with Gasteiger partial charge in [-0.25, -0.2) is 4.99 Å². The molecular formula is C12H7F3N4. The zero-order valence-corrected chi connectivity index (χ0v) is 9.44. The molecule has 0 unspecified atom stereocenters. The van der Waals surface area contributed by atoms with Gasteiger partial charge in [-0.3, -0.25) is 0 Å². The van der Waals surface area contributed by atoms with Crippen molar-refractivity contribution in [2.24, 2.45) is 10.7 Å². The topological polar surface area (TPSA) is 86.0 Å². The van der Waals surface area contributed by atoms with Crippen molar-refractivity contribution in [1.82, 2.24) is 0 Å². The molecule has 96 valence electrons. The Kier molecular flexibility index (Phi) is 4.27. The summed E-state index contributed by atoms with van der Waals surface area (Å²) in [5.41, 5.74) is 4.13. The monoisotopic (exact) mass is 264 g/mol. The van der Waals surface area contributed by atoms with Crippen LogP contribution in [-0.2, 0) is 6.18 Å². The summed E-state index contributed by atoms with van der Waals surface area (Å²) in [6, 6.07) is 7.35. The first kappa shape index (κ1) is 14.3. The molecule has 2 N–H and O–H groups in total. The molecule has 4 nitrogen and oxygen atoms in total. The van der Waals surface area contributed by atoms with Crippen LogP contribution in [0.15, 0.2) is 40.7 Å². The van der Waals surface area contributed by atoms with E-state index in [2.05, 4.69) is 4.99 Å². The fraction of sp³-hybridized carbons (Fsp3) is 0.0833. The van der Waals surface area contributed by atoms with Gasteiger partial charge in [-0.1, -0.05) is 12.1 Å². The zero-order chi connectivity index (χ0) is 14.5. The molecule has 0 aliphatic heterocycles. The molecule has 0 heterocycles. The maximum Gasteiger partial charge on any atom is 0.416 e. The highest BCUT2D eigenvalue weighted by molar-refractivity contribution is 5.81. The largest absolute Gasteiger partial charge is 0.416 e. The number of hydrogen-bond donors (Lipinski definition) is 1. The van der Waals surface area contributed by atoms with Gasteiger partial charge in [-0.2, -0.15) is 23.7 Å². The van der Waals surface area contributed by atoms with E-state index in [0.717, 1.165) is 18.3 Å². The van der Waals surface area contributed by atoms with Crippen LogP contribution in [0.5, 0.6) is 0 Å². The first-order valence-electron chi connectivity index (χ1n) is 4.89. The maximum absolute atomic E-state index is 12.3. The predicted molar refractivity (Wildman–Crippen MR) is 61.5 cm³/mol. The summed E-state index contributed by atoms with van der Waals surface area (Å²) >= 11 is 0. The van der Waals surface area contributed by atoms with Crippen molar-refractivity contribution in [2.75, 3.05) is 0 Å². The number of nitrogens with zero attached hydrogens (tertiary/aromatic N) is 3. The molecule has 1 rings (SSSR count). The Balaban J connectivity index is 2.97. The lowest BCUT2D eigenvalue weighted by Gasteiger charge is -2.05. The van der Waals surface area contributed by atoms with Gasteiger partial charge < -0.3 is 5.73 Å². The first-order chi connectivity index (χ1) is 8.88. The number of aliphatic imine (C=N–C) groups is 1. The van der Waals surface area contributed by atoms with E-state index in [1.54, 1.807) is 12.1 Å². The number of allylic oxidation sites excluding steroid dienone is 2. The minimum Gasteiger partial charge on any atom is -0.388 e. The van der Waals surface area contributed by atoms with E-state index >= 15 is 0 Å². The van der Waals surface area contributed by atoms with E-state index in [4.69, 9.17) is 16.3 Å². The van der Waals surface area contributed by atoms with Crippen molar-refractivity contribution >= 4 is 6.21 Å². The van der Waals surface area contributed by atoms with Gasteiger partial charge in [0.2, 0.25) is 0 Å². The molecule has 0 fully saturated rings. The molecule has 0 saturated heterocycles. The number of hydrogen-bond acceptors (Lipinski definition) is 4. The van der Waals surface area contributed by atoms with Crippen LogP contribution >= 0.6 is 0 Å². The van der Waals surface area contributed by atoms with Gasteiger partial charge in [0.15, 0.2) is 5.70 Å². The van der Waals surface area contributed by atoms with E-state index in [0.29, 0.717) is 5.56 Å². The molecule has 0 bridgehead atoms. The summed E-state index contributed by atoms with van der Waals surface area (Å²) in [6.45, 7) is 0. The average molecular weight is 264 g/mol. The van der Waals surface area contributed by atoms with Crippen LogP contribution in [0, 0.1) is 22.7 Å². The summed E-state index contributed by atoms with van der Waals surface area (Å²) in [6.07, 6.45) is -3.25. The average Bonchev–Trinajstić information content (AvgIpc) is 2.38. The smallest absolute Gasteiger partial charge is 0.388 e. The Bertz CT molecular complexity index is 598. The van der Waals surface area contributed by atoms with Gasteiger partial charge in [0, 0.05) is 6.21 Å². The minimum atomic E-state index is -4.40. The third-order valence-electron chi connectivity index (χ3n) is 2.06. The van der Waals surface area contributed by atoms with Crippen LogP contribution in [0.3, 0.4) is 0 Å². The number of alkyl halides is 3. The molecule has 0 amide bonds. The highest BCUT2D eigenvalue weighted by atomic mass is 19.4. The molecule has 0 spiro atoms. The molecule has 1 aromatic rings. The standard InChI is InChI=1S/C12H7F3N4/c13-12(14,15)9-3-1-8(2-4-9)7-19-11(6-17)10(18)5-16/h1-4,7H,18H2/b11-10+,19-7?. The van der Waals surface area contributed by atoms with Crippen molar-refractivity contribution in [1.29, 1.82) is 10.5 Å². The second-order valence-corrected chi connectivity index (χ2v) is 3.36. The number of rotatable bonds is 2. The Morgan fingerprint density at radius 1 is 1.16 bits per heavy atom. The van der Waals surface area contributed by atoms with Crippen LogP contribution in [-0.4, -0.2) is 6.21 Å². The Hall–Kier alpha value is -2.80. The minimum absolute atomic E-state index is 0.289. The first-order valence-corrected chi connectivity index (χ1v) is 4.89. The highest BCUT2D eigenvalue weighted by Gasteiger charge is 2.29. The number of halogens is 3. The van der Waals surface area contributed by atoms with Crippen LogP contribution in [0.25, 0.3) is 0 Å². The van der Waals surface area contributed by atoms with Gasteiger partial charge in [-0.05, 0) is 17.7 Å². The zero-order valence-electron chi connectivity index (χ0n) is 9.44. The number of benzene rings is 1. The van der Waals surface area contributed by atoms with Gasteiger partial charge in [0.1, 0.15) is 17.8 Å². The molecule has 0 saturated carbocycles. The Morgan fingerprint density at radius 2 is 1.74 bits per heavy atom. The quantitative estimate of drug-likeness (QED) is 0.657. The lowest BCUT2D eigenvalue weighted by Crippen LogP contribution is -2.04. The van der Waals surface area contributed by atoms with Crippen molar-refractivity contribution in [3.8, 4) is 12.1 Å². The van der Waals surface area contributed by atoms with Gasteiger partial charge in [0.05, 0.1) is 5.56 Å². The summed E-state index contributed by atoms with van der Waals surface area (Å²) < 4.78 is 36.9. The molecule has 0 aromatic heterocycles.